The first kappa shape index (κ1) is 51.7. The number of benzene rings is 12. The molecule has 0 aliphatic heterocycles. The topological polar surface area (TPSA) is 64.7 Å². The molecule has 0 aliphatic rings. The molecule has 404 valence electrons. The Bertz CT molecular complexity index is 4610. The summed E-state index contributed by atoms with van der Waals surface area (Å²) in [4.78, 5) is 20.6. The van der Waals surface area contributed by atoms with Gasteiger partial charge in [-0.1, -0.05) is 273 Å². The van der Waals surface area contributed by atoms with Crippen molar-refractivity contribution in [1.82, 2.24) is 19.9 Å². The van der Waals surface area contributed by atoms with Gasteiger partial charge in [0, 0.05) is 69.9 Å². The molecule has 0 unspecified atom stereocenters. The van der Waals surface area contributed by atoms with E-state index in [2.05, 4.69) is 249 Å². The fraction of sp³-hybridized carbons (Fsp3) is 0. The summed E-state index contributed by atoms with van der Waals surface area (Å²) in [6.07, 6.45) is 0. The lowest BCUT2D eigenvalue weighted by molar-refractivity contribution is 0.670. The zero-order valence-electron chi connectivity index (χ0n) is 46.6. The molecular formula is C80H52N4OS. The smallest absolute Gasteiger partial charge is 0.161 e. The van der Waals surface area contributed by atoms with Crippen LogP contribution in [0, 0.1) is 0 Å². The fourth-order valence-electron chi connectivity index (χ4n) is 11.6. The molecule has 0 saturated carbocycles. The van der Waals surface area contributed by atoms with E-state index in [1.807, 2.05) is 78.1 Å². The summed E-state index contributed by atoms with van der Waals surface area (Å²) in [6, 6.07) is 110. The van der Waals surface area contributed by atoms with Crippen molar-refractivity contribution in [1.29, 1.82) is 0 Å². The lowest BCUT2D eigenvalue weighted by Crippen LogP contribution is -1.96. The van der Waals surface area contributed by atoms with Gasteiger partial charge in [0.05, 0.1) is 22.8 Å². The molecule has 4 aromatic heterocycles. The predicted molar refractivity (Wildman–Crippen MR) is 359 cm³/mol. The lowest BCUT2D eigenvalue weighted by atomic mass is 9.96. The van der Waals surface area contributed by atoms with Crippen molar-refractivity contribution >= 4 is 53.4 Å². The van der Waals surface area contributed by atoms with Crippen LogP contribution >= 0.6 is 11.3 Å². The van der Waals surface area contributed by atoms with E-state index < -0.39 is 0 Å². The molecule has 4 heterocycles. The summed E-state index contributed by atoms with van der Waals surface area (Å²) in [5.41, 5.74) is 20.9. The molecule has 0 aliphatic carbocycles. The van der Waals surface area contributed by atoms with E-state index in [0.717, 1.165) is 95.0 Å². The van der Waals surface area contributed by atoms with Gasteiger partial charge in [0.15, 0.2) is 11.6 Å². The minimum atomic E-state index is 0.669. The van der Waals surface area contributed by atoms with Gasteiger partial charge in [-0.15, -0.1) is 11.3 Å². The first-order valence-electron chi connectivity index (χ1n) is 28.8. The monoisotopic (exact) mass is 1120 g/mol. The molecule has 12 aromatic carbocycles. The Morgan fingerprint density at radius 1 is 0.244 bits per heavy atom. The third-order valence-electron chi connectivity index (χ3n) is 15.9. The highest BCUT2D eigenvalue weighted by Crippen LogP contribution is 2.46. The number of aromatic nitrogens is 4. The molecule has 86 heavy (non-hydrogen) atoms. The van der Waals surface area contributed by atoms with E-state index in [1.54, 1.807) is 0 Å². The van der Waals surface area contributed by atoms with E-state index >= 15 is 0 Å². The summed E-state index contributed by atoms with van der Waals surface area (Å²) in [6.45, 7) is 0. The number of thiophene rings is 1. The number of hydrogen-bond donors (Lipinski definition) is 0. The quantitative estimate of drug-likeness (QED) is 0.137. The van der Waals surface area contributed by atoms with Crippen molar-refractivity contribution in [3.05, 3.63) is 315 Å². The second kappa shape index (κ2) is 22.9. The Labute approximate surface area is 502 Å². The molecule has 0 radical (unpaired) electrons. The average Bonchev–Trinajstić information content (AvgIpc) is 2.33. The van der Waals surface area contributed by atoms with Crippen LogP contribution in [-0.2, 0) is 0 Å². The van der Waals surface area contributed by atoms with Crippen molar-refractivity contribution < 1.29 is 4.42 Å². The standard InChI is InChI=1S/C40H26N2O.C40H26N2S/c2*1-4-12-27(13-5-1)28-20-22-29(23-21-28)32-24-25-34(38-33-18-10-11-19-37(33)43-39(32)38)40-41-35(30-14-6-2-7-15-30)26-36(42-40)31-16-8-3-9-17-31/h2*1-26H. The summed E-state index contributed by atoms with van der Waals surface area (Å²) in [5.74, 6) is 1.41. The summed E-state index contributed by atoms with van der Waals surface area (Å²) in [7, 11) is 0. The van der Waals surface area contributed by atoms with Gasteiger partial charge < -0.3 is 4.42 Å². The molecule has 16 rings (SSSR count). The minimum Gasteiger partial charge on any atom is -0.455 e. The van der Waals surface area contributed by atoms with Crippen molar-refractivity contribution in [3.63, 3.8) is 0 Å². The molecule has 6 heteroatoms. The SMILES string of the molecule is c1ccc(-c2ccc(-c3ccc(-c4nc(-c5ccccc5)cc(-c5ccccc5)n4)c4c3oc3ccccc34)cc2)cc1.c1ccc(-c2ccc(-c3ccc(-c4nc(-c5ccccc5)cc(-c5ccccc5)n4)c4c3sc3ccccc34)cc2)cc1. The second-order valence-electron chi connectivity index (χ2n) is 21.2. The van der Waals surface area contributed by atoms with Crippen LogP contribution in [-0.4, -0.2) is 19.9 Å². The largest absolute Gasteiger partial charge is 0.455 e. The van der Waals surface area contributed by atoms with Gasteiger partial charge in [-0.25, -0.2) is 19.9 Å². The summed E-state index contributed by atoms with van der Waals surface area (Å²) >= 11 is 1.84. The Morgan fingerprint density at radius 2 is 0.570 bits per heavy atom. The van der Waals surface area contributed by atoms with Crippen LogP contribution in [0.1, 0.15) is 0 Å². The number of furan rings is 1. The predicted octanol–water partition coefficient (Wildman–Crippen LogP) is 21.9. The lowest BCUT2D eigenvalue weighted by Gasteiger charge is -2.12. The highest BCUT2D eigenvalue weighted by Gasteiger charge is 2.22. The maximum Gasteiger partial charge on any atom is 0.161 e. The molecular weight excluding hydrogens is 1060 g/mol. The van der Waals surface area contributed by atoms with Crippen LogP contribution in [0.4, 0.5) is 0 Å². The van der Waals surface area contributed by atoms with E-state index in [-0.39, 0.29) is 0 Å². The molecule has 0 fully saturated rings. The number of para-hydroxylation sites is 1. The van der Waals surface area contributed by atoms with E-state index in [1.165, 1.54) is 53.6 Å². The van der Waals surface area contributed by atoms with E-state index in [0.29, 0.717) is 5.82 Å². The Balaban J connectivity index is 0.000000145. The highest BCUT2D eigenvalue weighted by atomic mass is 32.1. The number of hydrogen-bond acceptors (Lipinski definition) is 6. The van der Waals surface area contributed by atoms with Crippen molar-refractivity contribution in [2.45, 2.75) is 0 Å². The van der Waals surface area contributed by atoms with Crippen molar-refractivity contribution in [3.8, 4) is 112 Å². The Kier molecular flexibility index (Phi) is 13.7. The molecule has 5 nitrogen and oxygen atoms in total. The van der Waals surface area contributed by atoms with Crippen LogP contribution in [0.5, 0.6) is 0 Å². The van der Waals surface area contributed by atoms with Gasteiger partial charge in [0.1, 0.15) is 11.2 Å². The van der Waals surface area contributed by atoms with Crippen LogP contribution < -0.4 is 0 Å². The normalized spacial score (nSPS) is 11.3. The van der Waals surface area contributed by atoms with Crippen molar-refractivity contribution in [2.75, 3.05) is 0 Å². The zero-order valence-corrected chi connectivity index (χ0v) is 47.4. The Hall–Kier alpha value is -11.2. The minimum absolute atomic E-state index is 0.669. The maximum atomic E-state index is 6.59. The van der Waals surface area contributed by atoms with E-state index in [9.17, 15) is 0 Å². The summed E-state index contributed by atoms with van der Waals surface area (Å²) < 4.78 is 9.10. The Morgan fingerprint density at radius 3 is 1.02 bits per heavy atom. The third kappa shape index (κ3) is 10.1. The van der Waals surface area contributed by atoms with Crippen LogP contribution in [0.3, 0.4) is 0 Å². The molecule has 0 saturated heterocycles. The van der Waals surface area contributed by atoms with Crippen LogP contribution in [0.2, 0.25) is 0 Å². The average molecular weight is 1120 g/mol. The first-order valence-corrected chi connectivity index (χ1v) is 29.7. The molecule has 0 spiro atoms. The van der Waals surface area contributed by atoms with Crippen LogP contribution in [0.25, 0.3) is 154 Å². The fourth-order valence-corrected chi connectivity index (χ4v) is 12.9. The third-order valence-corrected chi connectivity index (χ3v) is 17.1. The number of rotatable bonds is 10. The van der Waals surface area contributed by atoms with Gasteiger partial charge in [-0.2, -0.15) is 0 Å². The van der Waals surface area contributed by atoms with Gasteiger partial charge in [-0.05, 0) is 81.4 Å². The highest BCUT2D eigenvalue weighted by molar-refractivity contribution is 7.26. The van der Waals surface area contributed by atoms with Gasteiger partial charge in [-0.3, -0.25) is 0 Å². The molecule has 0 N–H and O–H groups in total. The maximum absolute atomic E-state index is 6.59. The number of nitrogens with zero attached hydrogens (tertiary/aromatic N) is 4. The molecule has 0 amide bonds. The molecule has 0 atom stereocenters. The van der Waals surface area contributed by atoms with Crippen molar-refractivity contribution in [2.24, 2.45) is 0 Å². The van der Waals surface area contributed by atoms with Gasteiger partial charge in [0.25, 0.3) is 0 Å². The van der Waals surface area contributed by atoms with Gasteiger partial charge in [0.2, 0.25) is 0 Å². The van der Waals surface area contributed by atoms with Gasteiger partial charge >= 0.3 is 0 Å². The molecule has 16 aromatic rings. The van der Waals surface area contributed by atoms with Crippen LogP contribution in [0.15, 0.2) is 320 Å². The van der Waals surface area contributed by atoms with E-state index in [4.69, 9.17) is 24.4 Å². The number of fused-ring (bicyclic) bond motifs is 6. The second-order valence-corrected chi connectivity index (χ2v) is 22.3. The summed E-state index contributed by atoms with van der Waals surface area (Å²) in [5, 5.41) is 4.50. The zero-order chi connectivity index (χ0) is 57.2. The first-order chi connectivity index (χ1) is 42.6. The molecule has 0 bridgehead atoms.